The van der Waals surface area contributed by atoms with Gasteiger partial charge in [0.25, 0.3) is 0 Å². The summed E-state index contributed by atoms with van der Waals surface area (Å²) in [5.41, 5.74) is -0.143. The summed E-state index contributed by atoms with van der Waals surface area (Å²) in [5, 5.41) is 42.0. The van der Waals surface area contributed by atoms with Gasteiger partial charge in [-0.25, -0.2) is 0 Å². The monoisotopic (exact) mass is 408 g/mol. The summed E-state index contributed by atoms with van der Waals surface area (Å²) in [6, 6.07) is 0. The van der Waals surface area contributed by atoms with Crippen LogP contribution in [0.4, 0.5) is 0 Å². The Bertz CT molecular complexity index is 637. The smallest absolute Gasteiger partial charge is 0.303 e. The van der Waals surface area contributed by atoms with Crippen LogP contribution < -0.4 is 0 Å². The van der Waals surface area contributed by atoms with Crippen molar-refractivity contribution in [1.82, 2.24) is 0 Å². The first kappa shape index (κ1) is 21.6. The Balaban J connectivity index is 1.61. The SMILES string of the molecule is C[C@H](CCC(=O)O)[C@H]1CC[C@H]2C3C(C[C@H](O)[C@]12C)[C@@]1(C)CC[C@H](O)C[C@H]1C[C@H]3O. The van der Waals surface area contributed by atoms with E-state index in [1.807, 2.05) is 0 Å². The summed E-state index contributed by atoms with van der Waals surface area (Å²) in [7, 11) is 0. The van der Waals surface area contributed by atoms with Crippen LogP contribution in [0.25, 0.3) is 0 Å². The Kier molecular flexibility index (Phi) is 5.57. The quantitative estimate of drug-likeness (QED) is 0.571. The highest BCUT2D eigenvalue weighted by molar-refractivity contribution is 5.66. The first-order valence-electron chi connectivity index (χ1n) is 11.8. The first-order chi connectivity index (χ1) is 13.6. The van der Waals surface area contributed by atoms with Crippen molar-refractivity contribution in [2.24, 2.45) is 46.3 Å². The minimum Gasteiger partial charge on any atom is -0.481 e. The molecule has 5 heteroatoms. The summed E-state index contributed by atoms with van der Waals surface area (Å²) in [4.78, 5) is 11.1. The molecule has 4 aliphatic rings. The second kappa shape index (κ2) is 7.49. The molecule has 0 aromatic rings. The molecule has 4 fully saturated rings. The van der Waals surface area contributed by atoms with Gasteiger partial charge in [0.2, 0.25) is 0 Å². The van der Waals surface area contributed by atoms with Gasteiger partial charge in [0.15, 0.2) is 0 Å². The van der Waals surface area contributed by atoms with Crippen LogP contribution in [0.5, 0.6) is 0 Å². The van der Waals surface area contributed by atoms with Gasteiger partial charge in [0, 0.05) is 6.42 Å². The fraction of sp³-hybridized carbons (Fsp3) is 0.958. The van der Waals surface area contributed by atoms with Gasteiger partial charge in [0.1, 0.15) is 0 Å². The van der Waals surface area contributed by atoms with E-state index < -0.39 is 12.1 Å². The number of carbonyl (C=O) groups is 1. The minimum absolute atomic E-state index is 0.0957. The van der Waals surface area contributed by atoms with Gasteiger partial charge >= 0.3 is 5.97 Å². The van der Waals surface area contributed by atoms with Crippen LogP contribution in [0.1, 0.15) is 78.6 Å². The molecule has 5 nitrogen and oxygen atoms in total. The fourth-order valence-corrected chi connectivity index (χ4v) is 8.68. The predicted octanol–water partition coefficient (Wildman–Crippen LogP) is 3.45. The van der Waals surface area contributed by atoms with Crippen LogP contribution in [-0.4, -0.2) is 44.7 Å². The lowest BCUT2D eigenvalue weighted by atomic mass is 9.43. The summed E-state index contributed by atoms with van der Waals surface area (Å²) < 4.78 is 0. The molecule has 0 aromatic carbocycles. The van der Waals surface area contributed by atoms with Crippen molar-refractivity contribution >= 4 is 5.97 Å². The number of aliphatic carboxylic acids is 1. The van der Waals surface area contributed by atoms with Crippen molar-refractivity contribution in [2.45, 2.75) is 96.9 Å². The average Bonchev–Trinajstić information content (AvgIpc) is 3.01. The normalized spacial score (nSPS) is 52.9. The summed E-state index contributed by atoms with van der Waals surface area (Å²) in [6.45, 7) is 6.72. The second-order valence-corrected chi connectivity index (χ2v) is 11.4. The van der Waals surface area contributed by atoms with Crippen molar-refractivity contribution in [3.8, 4) is 0 Å². The molecule has 0 heterocycles. The topological polar surface area (TPSA) is 98.0 Å². The van der Waals surface area contributed by atoms with E-state index in [4.69, 9.17) is 5.11 Å². The fourth-order valence-electron chi connectivity index (χ4n) is 8.68. The second-order valence-electron chi connectivity index (χ2n) is 11.4. The number of rotatable bonds is 4. The third-order valence-corrected chi connectivity index (χ3v) is 10.3. The van der Waals surface area contributed by atoms with Gasteiger partial charge in [-0.15, -0.1) is 0 Å². The number of fused-ring (bicyclic) bond motifs is 5. The van der Waals surface area contributed by atoms with E-state index in [0.29, 0.717) is 30.1 Å². The van der Waals surface area contributed by atoms with Crippen molar-refractivity contribution in [1.29, 1.82) is 0 Å². The van der Waals surface area contributed by atoms with E-state index >= 15 is 0 Å². The molecule has 0 aliphatic heterocycles. The molecule has 166 valence electrons. The van der Waals surface area contributed by atoms with Crippen LogP contribution in [0.15, 0.2) is 0 Å². The highest BCUT2D eigenvalue weighted by atomic mass is 16.4. The van der Waals surface area contributed by atoms with Gasteiger partial charge in [-0.2, -0.15) is 0 Å². The molecule has 0 bridgehead atoms. The van der Waals surface area contributed by atoms with Crippen molar-refractivity contribution in [3.63, 3.8) is 0 Å². The lowest BCUT2D eigenvalue weighted by Gasteiger charge is -2.63. The van der Waals surface area contributed by atoms with Crippen LogP contribution >= 0.6 is 0 Å². The van der Waals surface area contributed by atoms with Crippen molar-refractivity contribution in [3.05, 3.63) is 0 Å². The maximum atomic E-state index is 11.5. The zero-order chi connectivity index (χ0) is 21.1. The Hall–Kier alpha value is -0.650. The van der Waals surface area contributed by atoms with Crippen LogP contribution in [-0.2, 0) is 4.79 Å². The molecule has 4 rings (SSSR count). The largest absolute Gasteiger partial charge is 0.481 e. The molecule has 4 N–H and O–H groups in total. The zero-order valence-electron chi connectivity index (χ0n) is 18.3. The van der Waals surface area contributed by atoms with E-state index in [0.717, 1.165) is 44.9 Å². The van der Waals surface area contributed by atoms with E-state index in [1.165, 1.54) is 0 Å². The van der Waals surface area contributed by atoms with Crippen LogP contribution in [0.3, 0.4) is 0 Å². The molecule has 0 radical (unpaired) electrons. The first-order valence-corrected chi connectivity index (χ1v) is 11.8. The lowest BCUT2D eigenvalue weighted by molar-refractivity contribution is -0.207. The molecule has 0 amide bonds. The van der Waals surface area contributed by atoms with E-state index in [1.54, 1.807) is 0 Å². The molecule has 4 aliphatic carbocycles. The van der Waals surface area contributed by atoms with Gasteiger partial charge in [-0.3, -0.25) is 4.79 Å². The number of carboxylic acids is 1. The number of aliphatic hydroxyl groups excluding tert-OH is 3. The summed E-state index contributed by atoms with van der Waals surface area (Å²) >= 11 is 0. The molecule has 2 unspecified atom stereocenters. The lowest BCUT2D eigenvalue weighted by Crippen LogP contribution is -2.62. The minimum atomic E-state index is -0.748. The maximum absolute atomic E-state index is 11.5. The van der Waals surface area contributed by atoms with E-state index in [-0.39, 0.29) is 41.3 Å². The summed E-state index contributed by atoms with van der Waals surface area (Å²) in [6.07, 6.45) is 6.00. The van der Waals surface area contributed by atoms with E-state index in [9.17, 15) is 20.1 Å². The van der Waals surface area contributed by atoms with Crippen molar-refractivity contribution in [2.75, 3.05) is 0 Å². The standard InChI is InChI=1S/C24H40O5/c1-13(4-7-21(28)29)16-5-6-17-22-18(12-20(27)24(16,17)3)23(2)9-8-15(25)10-14(23)11-19(22)26/h13-20,22,25-27H,4-12H2,1-3H3,(H,28,29)/t13-,14+,15+,16-,17+,18?,19-,20+,22?,23+,24-/m1/s1. The van der Waals surface area contributed by atoms with Gasteiger partial charge in [-0.1, -0.05) is 20.8 Å². The molecular formula is C24H40O5. The Morgan fingerprint density at radius 3 is 2.45 bits per heavy atom. The van der Waals surface area contributed by atoms with Crippen LogP contribution in [0.2, 0.25) is 0 Å². The van der Waals surface area contributed by atoms with Crippen LogP contribution in [0, 0.1) is 46.3 Å². The molecule has 0 aromatic heterocycles. The Morgan fingerprint density at radius 2 is 1.76 bits per heavy atom. The Labute approximate surface area is 174 Å². The zero-order valence-corrected chi connectivity index (χ0v) is 18.3. The highest BCUT2D eigenvalue weighted by Crippen LogP contribution is 2.68. The van der Waals surface area contributed by atoms with E-state index in [2.05, 4.69) is 20.8 Å². The molecule has 4 saturated carbocycles. The third kappa shape index (κ3) is 3.27. The maximum Gasteiger partial charge on any atom is 0.303 e. The van der Waals surface area contributed by atoms with Gasteiger partial charge in [-0.05, 0) is 97.7 Å². The van der Waals surface area contributed by atoms with Gasteiger partial charge < -0.3 is 20.4 Å². The Morgan fingerprint density at radius 1 is 1.03 bits per heavy atom. The number of hydrogen-bond donors (Lipinski definition) is 4. The average molecular weight is 409 g/mol. The molecule has 0 saturated heterocycles. The predicted molar refractivity (Wildman–Crippen MR) is 110 cm³/mol. The summed E-state index contributed by atoms with van der Waals surface area (Å²) in [5.74, 6) is 0.997. The highest BCUT2D eigenvalue weighted by Gasteiger charge is 2.65. The number of carboxylic acid groups (broad SMARTS) is 1. The molecular weight excluding hydrogens is 368 g/mol. The van der Waals surface area contributed by atoms with Gasteiger partial charge in [0.05, 0.1) is 18.3 Å². The molecule has 0 spiro atoms. The number of aliphatic hydroxyl groups is 3. The third-order valence-electron chi connectivity index (χ3n) is 10.3. The number of hydrogen-bond acceptors (Lipinski definition) is 4. The molecule has 11 atom stereocenters. The van der Waals surface area contributed by atoms with Crippen molar-refractivity contribution < 1.29 is 25.2 Å². The molecule has 29 heavy (non-hydrogen) atoms.